The van der Waals surface area contributed by atoms with Gasteiger partial charge in [0.2, 0.25) is 0 Å². The highest BCUT2D eigenvalue weighted by Crippen LogP contribution is 2.88. The van der Waals surface area contributed by atoms with Crippen LogP contribution in [0, 0.1) is 39.4 Å². The normalized spacial score (nSPS) is 49.1. The second-order valence-electron chi connectivity index (χ2n) is 16.2. The molecule has 0 unspecified atom stereocenters. The van der Waals surface area contributed by atoms with Crippen LogP contribution in [0.2, 0.25) is 0 Å². The van der Waals surface area contributed by atoms with Crippen LogP contribution < -0.4 is 0 Å². The number of quaternary nitrogens is 2. The molecule has 1 N–H and O–H groups in total. The third-order valence-corrected chi connectivity index (χ3v) is 14.3. The summed E-state index contributed by atoms with van der Waals surface area (Å²) in [4.78, 5) is 0. The van der Waals surface area contributed by atoms with Gasteiger partial charge in [-0.05, 0) is 104 Å². The summed E-state index contributed by atoms with van der Waals surface area (Å²) in [5.41, 5.74) is 3.19. The molecule has 5 aliphatic rings. The lowest BCUT2D eigenvalue weighted by Crippen LogP contribution is -2.60. The molecular formula is C33H60N2O+2. The molecule has 2 spiro atoms. The summed E-state index contributed by atoms with van der Waals surface area (Å²) in [6, 6.07) is 1.15. The average Bonchev–Trinajstić information content (AvgIpc) is 3.38. The monoisotopic (exact) mass is 500 g/mol. The first kappa shape index (κ1) is 27.2. The number of hydrogen-bond donors (Lipinski definition) is 1. The molecule has 0 bridgehead atoms. The fourth-order valence-corrected chi connectivity index (χ4v) is 12.3. The first-order valence-electron chi connectivity index (χ1n) is 15.7. The summed E-state index contributed by atoms with van der Waals surface area (Å²) in [7, 11) is 9.73. The van der Waals surface area contributed by atoms with Gasteiger partial charge < -0.3 is 14.1 Å². The highest BCUT2D eigenvalue weighted by Gasteiger charge is 2.82. The first-order chi connectivity index (χ1) is 16.7. The van der Waals surface area contributed by atoms with E-state index in [1.54, 1.807) is 5.57 Å². The number of fused-ring (bicyclic) bond motifs is 2. The zero-order chi connectivity index (χ0) is 26.5. The van der Waals surface area contributed by atoms with E-state index in [0.717, 1.165) is 27.2 Å². The zero-order valence-electron chi connectivity index (χ0n) is 25.5. The fourth-order valence-electron chi connectivity index (χ4n) is 12.3. The summed E-state index contributed by atoms with van der Waals surface area (Å²) in [6.07, 6.45) is 13.0. The van der Waals surface area contributed by atoms with Crippen LogP contribution in [-0.4, -0.2) is 73.5 Å². The predicted octanol–water partition coefficient (Wildman–Crippen LogP) is 6.66. The summed E-state index contributed by atoms with van der Waals surface area (Å²) < 4.78 is 2.17. The number of nitrogens with zero attached hydrogens (tertiary/aromatic N) is 2. The fraction of sp³-hybridized carbons (Fsp3) is 0.939. The lowest BCUT2D eigenvalue weighted by Gasteiger charge is -2.62. The Kier molecular flexibility index (Phi) is 6.28. The van der Waals surface area contributed by atoms with Crippen molar-refractivity contribution < 1.29 is 14.1 Å². The van der Waals surface area contributed by atoms with Crippen molar-refractivity contribution in [1.82, 2.24) is 0 Å². The minimum Gasteiger partial charge on any atom is -0.393 e. The van der Waals surface area contributed by atoms with Crippen LogP contribution in [0.3, 0.4) is 0 Å². The molecule has 0 radical (unpaired) electrons. The van der Waals surface area contributed by atoms with Crippen molar-refractivity contribution in [2.45, 2.75) is 117 Å². The van der Waals surface area contributed by atoms with Crippen LogP contribution in [0.4, 0.5) is 0 Å². The molecule has 36 heavy (non-hydrogen) atoms. The van der Waals surface area contributed by atoms with Crippen LogP contribution >= 0.6 is 0 Å². The largest absolute Gasteiger partial charge is 0.393 e. The van der Waals surface area contributed by atoms with Crippen LogP contribution in [0.15, 0.2) is 12.2 Å². The van der Waals surface area contributed by atoms with E-state index in [1.165, 1.54) is 70.9 Å². The Morgan fingerprint density at radius 3 is 2.22 bits per heavy atom. The summed E-state index contributed by atoms with van der Waals surface area (Å²) >= 11 is 0. The van der Waals surface area contributed by atoms with Gasteiger partial charge in [0.25, 0.3) is 0 Å². The Morgan fingerprint density at radius 2 is 1.58 bits per heavy atom. The molecule has 0 saturated heterocycles. The van der Waals surface area contributed by atoms with E-state index >= 15 is 0 Å². The molecule has 0 aliphatic heterocycles. The van der Waals surface area contributed by atoms with Crippen molar-refractivity contribution in [3.8, 4) is 0 Å². The van der Waals surface area contributed by atoms with Gasteiger partial charge in [0.05, 0.1) is 53.4 Å². The maximum Gasteiger partial charge on any atom is 0.110 e. The van der Waals surface area contributed by atoms with Gasteiger partial charge in [-0.3, -0.25) is 0 Å². The Hall–Kier alpha value is -0.380. The Labute approximate surface area is 223 Å². The maximum absolute atomic E-state index is 11.8. The van der Waals surface area contributed by atoms with E-state index in [-0.39, 0.29) is 16.9 Å². The smallest absolute Gasteiger partial charge is 0.110 e. The van der Waals surface area contributed by atoms with Gasteiger partial charge in [0.1, 0.15) is 6.04 Å². The average molecular weight is 501 g/mol. The Bertz CT molecular complexity index is 894. The summed E-state index contributed by atoms with van der Waals surface area (Å²) in [6.45, 7) is 19.7. The van der Waals surface area contributed by atoms with E-state index in [9.17, 15) is 5.11 Å². The Balaban J connectivity index is 1.44. The molecule has 0 amide bonds. The summed E-state index contributed by atoms with van der Waals surface area (Å²) in [5.74, 6) is 1.94. The second kappa shape index (κ2) is 8.31. The van der Waals surface area contributed by atoms with Gasteiger partial charge in [-0.2, -0.15) is 0 Å². The van der Waals surface area contributed by atoms with E-state index in [2.05, 4.69) is 62.8 Å². The van der Waals surface area contributed by atoms with Crippen LogP contribution in [0.25, 0.3) is 0 Å². The molecule has 0 aromatic rings. The maximum atomic E-state index is 11.8. The second-order valence-corrected chi connectivity index (χ2v) is 16.2. The van der Waals surface area contributed by atoms with Gasteiger partial charge in [-0.15, -0.1) is 0 Å². The number of likely N-dealkylation sites (N-methyl/N-ethyl adjacent to an activating group) is 1. The molecule has 5 rings (SSSR count). The highest BCUT2D eigenvalue weighted by molar-refractivity contribution is 5.35. The summed E-state index contributed by atoms with van der Waals surface area (Å²) in [5, 5.41) is 11.8. The minimum atomic E-state index is -0.148. The first-order valence-corrected chi connectivity index (χ1v) is 15.7. The van der Waals surface area contributed by atoms with E-state index in [0.29, 0.717) is 28.8 Å². The Morgan fingerprint density at radius 1 is 0.917 bits per heavy atom. The third kappa shape index (κ3) is 3.27. The van der Waals surface area contributed by atoms with Crippen molar-refractivity contribution in [1.29, 1.82) is 0 Å². The zero-order valence-corrected chi connectivity index (χ0v) is 25.5. The van der Waals surface area contributed by atoms with Gasteiger partial charge in [-0.25, -0.2) is 0 Å². The lowest BCUT2D eigenvalue weighted by molar-refractivity contribution is -0.918. The van der Waals surface area contributed by atoms with Gasteiger partial charge in [0.15, 0.2) is 0 Å². The van der Waals surface area contributed by atoms with Gasteiger partial charge in [0, 0.05) is 12.3 Å². The lowest BCUT2D eigenvalue weighted by atomic mass is 9.43. The molecule has 5 fully saturated rings. The van der Waals surface area contributed by atoms with Crippen molar-refractivity contribution >= 4 is 0 Å². The van der Waals surface area contributed by atoms with Crippen molar-refractivity contribution in [3.63, 3.8) is 0 Å². The van der Waals surface area contributed by atoms with Crippen molar-refractivity contribution in [2.24, 2.45) is 39.4 Å². The third-order valence-electron chi connectivity index (χ3n) is 14.3. The molecule has 0 heterocycles. The van der Waals surface area contributed by atoms with E-state index in [1.807, 2.05) is 0 Å². The van der Waals surface area contributed by atoms with Gasteiger partial charge >= 0.3 is 0 Å². The van der Waals surface area contributed by atoms with Crippen LogP contribution in [0.5, 0.6) is 0 Å². The molecule has 10 atom stereocenters. The molecule has 206 valence electrons. The molecule has 5 aliphatic carbocycles. The topological polar surface area (TPSA) is 20.2 Å². The van der Waals surface area contributed by atoms with Gasteiger partial charge in [-0.1, -0.05) is 34.3 Å². The minimum absolute atomic E-state index is 0.148. The molecule has 5 saturated carbocycles. The number of aliphatic hydroxyl groups excluding tert-OH is 1. The molecular weight excluding hydrogens is 440 g/mol. The van der Waals surface area contributed by atoms with Crippen molar-refractivity contribution in [2.75, 3.05) is 41.3 Å². The molecule has 0 aromatic carbocycles. The standard InChI is InChI=1S/C33H60N2O/c1-11-19-34(7,8)24(4)29-27(36)21-31(6)28-14-13-25-23(3)26(35(9,10)20-12-2)15-16-32(25)22-33(28,32)18-17-30(29,31)5/h24-29,36H,3,11-22H2,1-2,4-10H3/q+2/t24-,25-,26-,27+,28-,29-,30+,31-,32+,33-/m0/s1. The molecule has 0 aromatic heterocycles. The van der Waals surface area contributed by atoms with Crippen LogP contribution in [0.1, 0.15) is 98.8 Å². The number of aliphatic hydroxyl groups is 1. The van der Waals surface area contributed by atoms with Crippen molar-refractivity contribution in [3.05, 3.63) is 12.2 Å². The van der Waals surface area contributed by atoms with Crippen LogP contribution in [-0.2, 0) is 0 Å². The quantitative estimate of drug-likeness (QED) is 0.306. The molecule has 3 heteroatoms. The number of hydrogen-bond acceptors (Lipinski definition) is 1. The van der Waals surface area contributed by atoms with E-state index < -0.39 is 0 Å². The SMILES string of the molecule is C=C1[C@@H]2CC[C@@H]3[C@]4(CC[C@]5(C)[C@@H]([C@H](C)[N+](C)(C)CCC)[C@H](O)C[C@@]35C)C[C@]24CC[C@@H]1[N+](C)(C)CCC. The molecule has 3 nitrogen and oxygen atoms in total. The van der Waals surface area contributed by atoms with E-state index in [4.69, 9.17) is 6.58 Å². The number of rotatable bonds is 7. The highest BCUT2D eigenvalue weighted by atomic mass is 16.3. The predicted molar refractivity (Wildman–Crippen MR) is 151 cm³/mol.